The Kier molecular flexibility index (Phi) is 18.6. The summed E-state index contributed by atoms with van der Waals surface area (Å²) in [6, 6.07) is 58.9. The molecule has 0 aliphatic rings. The van der Waals surface area contributed by atoms with Crippen molar-refractivity contribution in [3.63, 3.8) is 0 Å². The van der Waals surface area contributed by atoms with Gasteiger partial charge in [0, 0.05) is 24.8 Å². The van der Waals surface area contributed by atoms with Crippen LogP contribution in [0.2, 0.25) is 0 Å². The predicted molar refractivity (Wildman–Crippen MR) is 205 cm³/mol. The molecule has 0 N–H and O–H groups in total. The van der Waals surface area contributed by atoms with Crippen molar-refractivity contribution < 1.29 is 53.3 Å². The molecule has 6 aromatic carbocycles. The van der Waals surface area contributed by atoms with E-state index in [9.17, 15) is 17.3 Å². The second kappa shape index (κ2) is 22.8. The van der Waals surface area contributed by atoms with Gasteiger partial charge in [0.15, 0.2) is 13.6 Å². The monoisotopic (exact) mass is 794 g/mol. The molecule has 0 radical (unpaired) electrons. The number of halogens is 4. The van der Waals surface area contributed by atoms with E-state index in [1.54, 1.807) is 14.2 Å². The third-order valence-corrected chi connectivity index (χ3v) is 11.9. The summed E-state index contributed by atoms with van der Waals surface area (Å²) in [5.41, 5.74) is 0. The van der Waals surface area contributed by atoms with Crippen molar-refractivity contribution in [1.82, 2.24) is 0 Å². The predicted octanol–water partition coefficient (Wildman–Crippen LogP) is 8.15. The van der Waals surface area contributed by atoms with Crippen LogP contribution in [0.25, 0.3) is 0 Å². The normalized spacial score (nSPS) is 10.6. The molecule has 0 unspecified atom stereocenters. The summed E-state index contributed by atoms with van der Waals surface area (Å²) in [7, 11) is -4.05. The van der Waals surface area contributed by atoms with Gasteiger partial charge in [-0.25, -0.2) is 0 Å². The van der Waals surface area contributed by atoms with E-state index >= 15 is 0 Å². The molecule has 6 rings (SSSR count). The van der Waals surface area contributed by atoms with Gasteiger partial charge in [0.05, 0.1) is 0 Å². The van der Waals surface area contributed by atoms with Crippen molar-refractivity contribution >= 4 is 54.9 Å². The first-order valence-electron chi connectivity index (χ1n) is 15.9. The van der Waals surface area contributed by atoms with Gasteiger partial charge < -0.3 is 36.2 Å². The molecule has 0 fully saturated rings. The minimum atomic E-state index is -6.00. The zero-order chi connectivity index (χ0) is 36.3. The molecular weight excluding hydrogens is 757 g/mol. The molecular formula is C40H38BCuF4O4P2. The molecule has 0 spiro atoms. The summed E-state index contributed by atoms with van der Waals surface area (Å²) in [4.78, 5) is 0. The SMILES string of the molecule is COCOc1ccccc1P(c1ccccc1)c1ccccc1.COCOc1ccccc1P(c1ccccc1)c1ccccc1.F[B-](F)(F)F.[Cu+]. The van der Waals surface area contributed by atoms with Crippen molar-refractivity contribution in [3.8, 4) is 11.5 Å². The Hall–Kier alpha value is -4.00. The molecule has 0 saturated heterocycles. The zero-order valence-electron chi connectivity index (χ0n) is 28.5. The van der Waals surface area contributed by atoms with Crippen LogP contribution in [0.4, 0.5) is 17.3 Å². The van der Waals surface area contributed by atoms with Gasteiger partial charge in [0.2, 0.25) is 0 Å². The third kappa shape index (κ3) is 13.9. The van der Waals surface area contributed by atoms with E-state index in [1.165, 1.54) is 31.8 Å². The molecule has 0 aliphatic carbocycles. The van der Waals surface area contributed by atoms with Crippen molar-refractivity contribution in [2.45, 2.75) is 0 Å². The molecule has 0 aliphatic heterocycles. The Morgan fingerprint density at radius 2 is 0.635 bits per heavy atom. The average molecular weight is 795 g/mol. The summed E-state index contributed by atoms with van der Waals surface area (Å²) in [6.07, 6.45) is 0. The molecule has 0 heterocycles. The van der Waals surface area contributed by atoms with E-state index in [2.05, 4.69) is 146 Å². The van der Waals surface area contributed by atoms with E-state index in [0.29, 0.717) is 0 Å². The van der Waals surface area contributed by atoms with Gasteiger partial charge in [-0.2, -0.15) is 0 Å². The first-order valence-corrected chi connectivity index (χ1v) is 18.6. The van der Waals surface area contributed by atoms with Crippen LogP contribution in [0.5, 0.6) is 11.5 Å². The summed E-state index contributed by atoms with van der Waals surface area (Å²) in [5.74, 6) is 1.77. The van der Waals surface area contributed by atoms with Gasteiger partial charge in [-0.3, -0.25) is 0 Å². The molecule has 0 amide bonds. The number of rotatable bonds is 12. The molecule has 4 nitrogen and oxygen atoms in total. The van der Waals surface area contributed by atoms with E-state index in [-0.39, 0.29) is 30.7 Å². The van der Waals surface area contributed by atoms with Crippen molar-refractivity contribution in [1.29, 1.82) is 0 Å². The van der Waals surface area contributed by atoms with Crippen LogP contribution in [-0.2, 0) is 26.5 Å². The van der Waals surface area contributed by atoms with Gasteiger partial charge >= 0.3 is 24.3 Å². The Bertz CT molecular complexity index is 1630. The number of methoxy groups -OCH3 is 2. The number of hydrogen-bond donors (Lipinski definition) is 0. The Morgan fingerprint density at radius 1 is 0.404 bits per heavy atom. The number of hydrogen-bond acceptors (Lipinski definition) is 4. The van der Waals surface area contributed by atoms with Crippen molar-refractivity contribution in [2.75, 3.05) is 27.8 Å². The molecule has 12 heteroatoms. The van der Waals surface area contributed by atoms with Crippen LogP contribution in [0, 0.1) is 0 Å². The van der Waals surface area contributed by atoms with Gasteiger partial charge in [0.25, 0.3) is 0 Å². The van der Waals surface area contributed by atoms with Crippen LogP contribution < -0.4 is 41.3 Å². The summed E-state index contributed by atoms with van der Waals surface area (Å²) in [5, 5.41) is 7.64. The van der Waals surface area contributed by atoms with Gasteiger partial charge in [0.1, 0.15) is 11.5 Å². The molecule has 0 aromatic heterocycles. The largest absolute Gasteiger partial charge is 1.00 e. The average Bonchev–Trinajstić information content (AvgIpc) is 3.16. The maximum Gasteiger partial charge on any atom is 1.00 e. The first kappa shape index (κ1) is 42.4. The van der Waals surface area contributed by atoms with E-state index in [4.69, 9.17) is 18.9 Å². The van der Waals surface area contributed by atoms with Crippen LogP contribution in [0.15, 0.2) is 170 Å². The molecule has 0 saturated carbocycles. The Balaban J connectivity index is 0.000000244. The van der Waals surface area contributed by atoms with Crippen LogP contribution in [-0.4, -0.2) is 35.1 Å². The molecule has 6 aromatic rings. The smallest absolute Gasteiger partial charge is 0.467 e. The van der Waals surface area contributed by atoms with E-state index in [1.807, 2.05) is 24.3 Å². The fourth-order valence-electron chi connectivity index (χ4n) is 4.94. The first-order chi connectivity index (χ1) is 24.8. The molecule has 0 atom stereocenters. The minimum absolute atomic E-state index is 0. The standard InChI is InChI=1S/2C20H19O2P.BF4.Cu/c2*1-21-16-22-19-14-8-9-15-20(19)23(17-10-4-2-5-11-17)18-12-6-3-7-13-18;2-1(3,4)5;/h2*2-15H,16H2,1H3;;/q;;-1;+1. The number of benzene rings is 6. The summed E-state index contributed by atoms with van der Waals surface area (Å²) < 4.78 is 60.8. The summed E-state index contributed by atoms with van der Waals surface area (Å²) >= 11 is 0. The van der Waals surface area contributed by atoms with Crippen molar-refractivity contribution in [3.05, 3.63) is 170 Å². The second-order valence-corrected chi connectivity index (χ2v) is 14.9. The van der Waals surface area contributed by atoms with Gasteiger partial charge in [-0.15, -0.1) is 0 Å². The zero-order valence-corrected chi connectivity index (χ0v) is 31.2. The quantitative estimate of drug-likeness (QED) is 0.0543. The van der Waals surface area contributed by atoms with Gasteiger partial charge in [-0.1, -0.05) is 158 Å². The van der Waals surface area contributed by atoms with Crippen molar-refractivity contribution in [2.24, 2.45) is 0 Å². The summed E-state index contributed by atoms with van der Waals surface area (Å²) in [6.45, 7) is 0.507. The second-order valence-electron chi connectivity index (χ2n) is 10.5. The number of para-hydroxylation sites is 2. The molecule has 52 heavy (non-hydrogen) atoms. The van der Waals surface area contributed by atoms with Gasteiger partial charge in [-0.05, 0) is 49.2 Å². The Morgan fingerprint density at radius 3 is 0.885 bits per heavy atom. The topological polar surface area (TPSA) is 36.9 Å². The molecule has 274 valence electrons. The van der Waals surface area contributed by atoms with Crippen LogP contribution >= 0.6 is 15.8 Å². The maximum absolute atomic E-state index is 9.75. The third-order valence-electron chi connectivity index (χ3n) is 6.93. The maximum atomic E-state index is 9.75. The number of ether oxygens (including phenoxy) is 4. The van der Waals surface area contributed by atoms with Crippen LogP contribution in [0.1, 0.15) is 0 Å². The molecule has 0 bridgehead atoms. The fourth-order valence-corrected chi connectivity index (χ4v) is 9.71. The van der Waals surface area contributed by atoms with Crippen LogP contribution in [0.3, 0.4) is 0 Å². The Labute approximate surface area is 316 Å². The fraction of sp³-hybridized carbons (Fsp3) is 0.100. The minimum Gasteiger partial charge on any atom is -0.467 e. The van der Waals surface area contributed by atoms with E-state index in [0.717, 1.165) is 11.5 Å². The van der Waals surface area contributed by atoms with E-state index < -0.39 is 23.1 Å².